The van der Waals surface area contributed by atoms with Gasteiger partial charge < -0.3 is 20.4 Å². The van der Waals surface area contributed by atoms with Crippen molar-refractivity contribution in [1.82, 2.24) is 0 Å². The van der Waals surface area contributed by atoms with Crippen molar-refractivity contribution in [1.29, 1.82) is 0 Å². The van der Waals surface area contributed by atoms with Crippen LogP contribution < -0.4 is 0 Å². The quantitative estimate of drug-likeness (QED) is 0.250. The molecule has 0 aromatic heterocycles. The maximum absolute atomic E-state index is 10.6. The van der Waals surface area contributed by atoms with E-state index in [1.807, 2.05) is 6.92 Å². The molecule has 0 radical (unpaired) electrons. The van der Waals surface area contributed by atoms with Gasteiger partial charge in [-0.05, 0) is 12.8 Å². The van der Waals surface area contributed by atoms with Crippen LogP contribution in [0.4, 0.5) is 0 Å². The lowest BCUT2D eigenvalue weighted by Gasteiger charge is -2.06. The number of carboxylic acid groups (broad SMARTS) is 2. The smallest absolute Gasteiger partial charge is 0.317 e. The topological polar surface area (TPSA) is 115 Å². The van der Waals surface area contributed by atoms with E-state index in [2.05, 4.69) is 6.92 Å². The van der Waals surface area contributed by atoms with Crippen LogP contribution in [0, 0.1) is 5.92 Å². The summed E-state index contributed by atoms with van der Waals surface area (Å²) < 4.78 is 0. The van der Waals surface area contributed by atoms with Crippen molar-refractivity contribution in [3.8, 4) is 0 Å². The predicted octanol–water partition coefficient (Wildman–Crippen LogP) is 3.01. The van der Waals surface area contributed by atoms with E-state index >= 15 is 0 Å². The van der Waals surface area contributed by atoms with Gasteiger partial charge in [0.05, 0.1) is 0 Å². The lowest BCUT2D eigenvalue weighted by Crippen LogP contribution is -2.23. The van der Waals surface area contributed by atoms with Crippen molar-refractivity contribution in [3.05, 3.63) is 0 Å². The third-order valence-corrected chi connectivity index (χ3v) is 3.24. The predicted molar refractivity (Wildman–Crippen MR) is 84.5 cm³/mol. The first-order valence-corrected chi connectivity index (χ1v) is 8.18. The molecule has 0 bridgehead atoms. The summed E-state index contributed by atoms with van der Waals surface area (Å²) in [5.74, 6) is -3.67. The van der Waals surface area contributed by atoms with Crippen LogP contribution in [-0.2, 0) is 9.59 Å². The average Bonchev–Trinajstić information content (AvgIpc) is 2.41. The van der Waals surface area contributed by atoms with Crippen molar-refractivity contribution in [2.24, 2.45) is 5.92 Å². The van der Waals surface area contributed by atoms with Crippen molar-refractivity contribution < 1.29 is 30.0 Å². The molecule has 6 heteroatoms. The molecule has 0 amide bonds. The minimum absolute atomic E-state index is 0.248. The zero-order valence-corrected chi connectivity index (χ0v) is 13.8. The molecule has 0 saturated heterocycles. The number of hydrogen-bond acceptors (Lipinski definition) is 4. The van der Waals surface area contributed by atoms with Crippen molar-refractivity contribution in [2.45, 2.75) is 84.3 Å². The Morgan fingerprint density at radius 1 is 0.727 bits per heavy atom. The molecule has 0 heterocycles. The van der Waals surface area contributed by atoms with Gasteiger partial charge in [-0.25, -0.2) is 0 Å². The molecular weight excluding hydrogens is 288 g/mol. The second-order valence-corrected chi connectivity index (χ2v) is 5.41. The van der Waals surface area contributed by atoms with Crippen LogP contribution in [0.2, 0.25) is 0 Å². The van der Waals surface area contributed by atoms with Crippen LogP contribution >= 0.6 is 0 Å². The highest BCUT2D eigenvalue weighted by atomic mass is 16.5. The maximum Gasteiger partial charge on any atom is 0.317 e. The van der Waals surface area contributed by atoms with E-state index in [4.69, 9.17) is 20.4 Å². The number of hydrogen-bond donors (Lipinski definition) is 4. The Morgan fingerprint density at radius 2 is 1.18 bits per heavy atom. The third kappa shape index (κ3) is 16.9. The number of aliphatic carboxylic acids is 2. The van der Waals surface area contributed by atoms with E-state index in [1.54, 1.807) is 0 Å². The molecule has 6 nitrogen and oxygen atoms in total. The zero-order chi connectivity index (χ0) is 17.4. The van der Waals surface area contributed by atoms with E-state index in [0.717, 1.165) is 19.3 Å². The highest BCUT2D eigenvalue weighted by molar-refractivity contribution is 5.92. The van der Waals surface area contributed by atoms with Crippen LogP contribution in [0.25, 0.3) is 0 Å². The molecule has 0 aliphatic heterocycles. The van der Waals surface area contributed by atoms with Gasteiger partial charge in [0, 0.05) is 0 Å². The normalized spacial score (nSPS) is 10.5. The summed E-state index contributed by atoms with van der Waals surface area (Å²) in [5.41, 5.74) is 0. The van der Waals surface area contributed by atoms with Crippen molar-refractivity contribution in [2.75, 3.05) is 0 Å². The van der Waals surface area contributed by atoms with Crippen LogP contribution in [-0.4, -0.2) is 38.7 Å². The van der Waals surface area contributed by atoms with E-state index < -0.39 is 24.1 Å². The van der Waals surface area contributed by atoms with Gasteiger partial charge in [-0.15, -0.1) is 0 Å². The molecule has 0 atom stereocenters. The van der Waals surface area contributed by atoms with Gasteiger partial charge in [-0.2, -0.15) is 0 Å². The number of rotatable bonds is 12. The summed E-state index contributed by atoms with van der Waals surface area (Å²) in [6.45, 7) is 4.06. The van der Waals surface area contributed by atoms with E-state index in [-0.39, 0.29) is 6.42 Å². The molecule has 0 aromatic carbocycles. The van der Waals surface area contributed by atoms with E-state index in [1.165, 1.54) is 25.7 Å². The second-order valence-electron chi connectivity index (χ2n) is 5.41. The fraction of sp³-hybridized carbons (Fsp3) is 0.875. The van der Waals surface area contributed by atoms with Crippen LogP contribution in [0.15, 0.2) is 0 Å². The van der Waals surface area contributed by atoms with Gasteiger partial charge in [-0.1, -0.05) is 65.2 Å². The number of aliphatic hydroxyl groups is 2. The molecular formula is C16H32O6. The molecule has 0 rings (SSSR count). The maximum atomic E-state index is 10.6. The number of unbranched alkanes of at least 4 members (excludes halogenated alkanes) is 6. The molecule has 4 N–H and O–H groups in total. The average molecular weight is 320 g/mol. The molecule has 0 spiro atoms. The molecule has 22 heavy (non-hydrogen) atoms. The van der Waals surface area contributed by atoms with Crippen LogP contribution in [0.3, 0.4) is 0 Å². The Morgan fingerprint density at radius 3 is 1.50 bits per heavy atom. The summed E-state index contributed by atoms with van der Waals surface area (Å²) in [7, 11) is 0. The van der Waals surface area contributed by atoms with Gasteiger partial charge in [0.2, 0.25) is 0 Å². The van der Waals surface area contributed by atoms with Gasteiger partial charge in [0.25, 0.3) is 0 Å². The summed E-state index contributed by atoms with van der Waals surface area (Å²) in [5, 5.41) is 33.5. The van der Waals surface area contributed by atoms with Crippen molar-refractivity contribution in [3.63, 3.8) is 0 Å². The molecule has 0 fully saturated rings. The van der Waals surface area contributed by atoms with Crippen molar-refractivity contribution >= 4 is 11.9 Å². The lowest BCUT2D eigenvalue weighted by molar-refractivity contribution is -0.154. The Kier molecular flexibility index (Phi) is 17.1. The summed E-state index contributed by atoms with van der Waals surface area (Å²) >= 11 is 0. The largest absolute Gasteiger partial charge is 0.481 e. The van der Waals surface area contributed by atoms with Crippen LogP contribution in [0.5, 0.6) is 0 Å². The van der Waals surface area contributed by atoms with Gasteiger partial charge >= 0.3 is 11.9 Å². The van der Waals surface area contributed by atoms with Gasteiger partial charge in [0.1, 0.15) is 0 Å². The Bertz CT molecular complexity index is 264. The van der Waals surface area contributed by atoms with Crippen LogP contribution in [0.1, 0.15) is 78.1 Å². The monoisotopic (exact) mass is 320 g/mol. The minimum atomic E-state index is -1.23. The molecule has 0 aliphatic rings. The Hall–Kier alpha value is -1.14. The SMILES string of the molecule is CCCC(O)O.CCCCCCCCCC(C(=O)O)C(=O)O. The molecule has 132 valence electrons. The van der Waals surface area contributed by atoms with E-state index in [9.17, 15) is 9.59 Å². The Balaban J connectivity index is 0. The summed E-state index contributed by atoms with van der Waals surface area (Å²) in [6.07, 6.45) is 8.00. The fourth-order valence-electron chi connectivity index (χ4n) is 1.92. The standard InChI is InChI=1S/C12H22O4.C4H10O2/c1-2-3-4-5-6-7-8-9-10(11(13)14)12(15)16;1-2-3-4(5)6/h10H,2-9H2,1H3,(H,13,14)(H,15,16);4-6H,2-3H2,1H3. The molecule has 0 aromatic rings. The fourth-order valence-corrected chi connectivity index (χ4v) is 1.92. The molecule has 0 aliphatic carbocycles. The molecule has 0 unspecified atom stereocenters. The summed E-state index contributed by atoms with van der Waals surface area (Å²) in [6, 6.07) is 0. The highest BCUT2D eigenvalue weighted by Crippen LogP contribution is 2.13. The first-order valence-electron chi connectivity index (χ1n) is 8.18. The van der Waals surface area contributed by atoms with Gasteiger partial charge in [-0.3, -0.25) is 9.59 Å². The number of carbonyl (C=O) groups is 2. The lowest BCUT2D eigenvalue weighted by atomic mass is 10.0. The first-order chi connectivity index (χ1) is 10.4. The summed E-state index contributed by atoms with van der Waals surface area (Å²) in [4.78, 5) is 21.1. The number of aliphatic hydroxyl groups excluding tert-OH is 1. The number of carboxylic acids is 2. The molecule has 0 saturated carbocycles. The second kappa shape index (κ2) is 16.2. The Labute approximate surface area is 133 Å². The van der Waals surface area contributed by atoms with E-state index in [0.29, 0.717) is 12.8 Å². The first kappa shape index (κ1) is 23.1. The zero-order valence-electron chi connectivity index (χ0n) is 13.8. The minimum Gasteiger partial charge on any atom is -0.481 e. The highest BCUT2D eigenvalue weighted by Gasteiger charge is 2.24. The third-order valence-electron chi connectivity index (χ3n) is 3.24. The van der Waals surface area contributed by atoms with Gasteiger partial charge in [0.15, 0.2) is 12.2 Å².